The smallest absolute Gasteiger partial charge is 0.415 e. The van der Waals surface area contributed by atoms with Crippen LogP contribution in [-0.2, 0) is 11.3 Å². The van der Waals surface area contributed by atoms with E-state index in [2.05, 4.69) is 36.3 Å². The Morgan fingerprint density at radius 3 is 2.41 bits per heavy atom. The fourth-order valence-electron chi connectivity index (χ4n) is 4.49. The van der Waals surface area contributed by atoms with Gasteiger partial charge >= 0.3 is 6.09 Å². The molecule has 1 aliphatic carbocycles. The summed E-state index contributed by atoms with van der Waals surface area (Å²) in [6, 6.07) is 16.5. The van der Waals surface area contributed by atoms with E-state index in [1.165, 1.54) is 33.4 Å². The first-order valence-electron chi connectivity index (χ1n) is 9.81. The van der Waals surface area contributed by atoms with Crippen LogP contribution in [0.2, 0.25) is 0 Å². The minimum Gasteiger partial charge on any atom is -0.448 e. The highest BCUT2D eigenvalue weighted by molar-refractivity contribution is 5.94. The molecule has 1 aromatic heterocycles. The molecule has 0 spiro atoms. The van der Waals surface area contributed by atoms with Crippen molar-refractivity contribution in [2.75, 3.05) is 18.1 Å². The van der Waals surface area contributed by atoms with E-state index >= 15 is 0 Å². The molecule has 6 nitrogen and oxygen atoms in total. The summed E-state index contributed by atoms with van der Waals surface area (Å²) in [6.45, 7) is 3.48. The van der Waals surface area contributed by atoms with E-state index in [9.17, 15) is 9.59 Å². The number of anilines is 1. The van der Waals surface area contributed by atoms with Crippen LogP contribution in [0.3, 0.4) is 0 Å². The van der Waals surface area contributed by atoms with Crippen molar-refractivity contribution >= 4 is 18.2 Å². The molecular weight excluding hydrogens is 366 g/mol. The highest BCUT2D eigenvalue weighted by Gasteiger charge is 2.33. The van der Waals surface area contributed by atoms with Gasteiger partial charge in [-0.3, -0.25) is 9.69 Å². The van der Waals surface area contributed by atoms with Crippen molar-refractivity contribution < 1.29 is 14.3 Å². The predicted octanol–water partition coefficient (Wildman–Crippen LogP) is 4.10. The van der Waals surface area contributed by atoms with Gasteiger partial charge in [-0.05, 0) is 28.2 Å². The van der Waals surface area contributed by atoms with E-state index in [0.29, 0.717) is 24.5 Å². The number of benzene rings is 2. The van der Waals surface area contributed by atoms with Crippen molar-refractivity contribution in [2.24, 2.45) is 5.92 Å². The summed E-state index contributed by atoms with van der Waals surface area (Å²) in [4.78, 5) is 25.9. The van der Waals surface area contributed by atoms with Crippen LogP contribution in [0, 0.1) is 5.92 Å². The number of carbonyl (C=O) groups is 2. The average Bonchev–Trinajstić information content (AvgIpc) is 3.30. The number of aldehydes is 1. The molecule has 0 bridgehead atoms. The van der Waals surface area contributed by atoms with Crippen LogP contribution < -0.4 is 4.90 Å². The van der Waals surface area contributed by atoms with Crippen LogP contribution in [0.4, 0.5) is 10.6 Å². The van der Waals surface area contributed by atoms with Crippen molar-refractivity contribution in [3.63, 3.8) is 0 Å². The van der Waals surface area contributed by atoms with E-state index in [0.717, 1.165) is 6.29 Å². The number of amides is 1. The van der Waals surface area contributed by atoms with Crippen LogP contribution in [0.5, 0.6) is 0 Å². The molecule has 1 amide bonds. The molecule has 1 atom stereocenters. The molecule has 0 saturated carbocycles. The summed E-state index contributed by atoms with van der Waals surface area (Å²) in [5, 5.41) is 4.24. The molecule has 5 rings (SSSR count). The first-order valence-corrected chi connectivity index (χ1v) is 9.81. The van der Waals surface area contributed by atoms with Gasteiger partial charge in [-0.1, -0.05) is 55.5 Å². The van der Waals surface area contributed by atoms with Gasteiger partial charge in [0, 0.05) is 19.0 Å². The van der Waals surface area contributed by atoms with Crippen LogP contribution in [0.1, 0.15) is 34.3 Å². The van der Waals surface area contributed by atoms with E-state index in [1.807, 2.05) is 24.3 Å². The number of carbonyl (C=O) groups excluding carboxylic acids is 2. The summed E-state index contributed by atoms with van der Waals surface area (Å²) in [6.07, 6.45) is 1.80. The summed E-state index contributed by atoms with van der Waals surface area (Å²) < 4.78 is 7.49. The van der Waals surface area contributed by atoms with Crippen LogP contribution in [-0.4, -0.2) is 35.3 Å². The lowest BCUT2D eigenvalue weighted by Crippen LogP contribution is -2.42. The third-order valence-corrected chi connectivity index (χ3v) is 5.76. The Kier molecular flexibility index (Phi) is 4.19. The third-order valence-electron chi connectivity index (χ3n) is 5.76. The molecule has 146 valence electrons. The molecule has 0 saturated heterocycles. The summed E-state index contributed by atoms with van der Waals surface area (Å²) >= 11 is 0. The fourth-order valence-corrected chi connectivity index (χ4v) is 4.49. The molecule has 1 unspecified atom stereocenters. The largest absolute Gasteiger partial charge is 0.448 e. The molecular formula is C23H21N3O3. The quantitative estimate of drug-likeness (QED) is 0.635. The Morgan fingerprint density at radius 1 is 1.10 bits per heavy atom. The summed E-state index contributed by atoms with van der Waals surface area (Å²) in [7, 11) is 0. The number of hydrogen-bond acceptors (Lipinski definition) is 4. The minimum absolute atomic E-state index is 0.00372. The second kappa shape index (κ2) is 6.88. The second-order valence-electron chi connectivity index (χ2n) is 7.74. The predicted molar refractivity (Wildman–Crippen MR) is 109 cm³/mol. The lowest BCUT2D eigenvalue weighted by Gasteiger charge is -2.31. The Morgan fingerprint density at radius 2 is 1.76 bits per heavy atom. The zero-order chi connectivity index (χ0) is 20.0. The van der Waals surface area contributed by atoms with E-state index < -0.39 is 6.09 Å². The number of ether oxygens (including phenoxy) is 1. The normalized spacial score (nSPS) is 17.4. The van der Waals surface area contributed by atoms with Crippen molar-refractivity contribution in [3.8, 4) is 11.1 Å². The zero-order valence-electron chi connectivity index (χ0n) is 16.1. The highest BCUT2D eigenvalue weighted by atomic mass is 16.6. The van der Waals surface area contributed by atoms with Gasteiger partial charge < -0.3 is 4.74 Å². The summed E-state index contributed by atoms with van der Waals surface area (Å²) in [5.74, 6) is 0.752. The first kappa shape index (κ1) is 17.7. The molecule has 0 N–H and O–H groups in total. The van der Waals surface area contributed by atoms with E-state index in [4.69, 9.17) is 4.74 Å². The van der Waals surface area contributed by atoms with Gasteiger partial charge in [-0.15, -0.1) is 0 Å². The van der Waals surface area contributed by atoms with Gasteiger partial charge in [0.15, 0.2) is 6.29 Å². The van der Waals surface area contributed by atoms with Gasteiger partial charge in [0.1, 0.15) is 12.4 Å². The lowest BCUT2D eigenvalue weighted by molar-refractivity contribution is 0.112. The van der Waals surface area contributed by atoms with Gasteiger partial charge in [0.05, 0.1) is 11.8 Å². The van der Waals surface area contributed by atoms with Crippen LogP contribution in [0.25, 0.3) is 11.1 Å². The Hall–Kier alpha value is -3.41. The average molecular weight is 387 g/mol. The fraction of sp³-hybridized carbons (Fsp3) is 0.261. The molecule has 2 aromatic carbocycles. The number of fused-ring (bicyclic) bond motifs is 4. The molecule has 3 aromatic rings. The van der Waals surface area contributed by atoms with Crippen molar-refractivity contribution in [2.45, 2.75) is 19.4 Å². The van der Waals surface area contributed by atoms with Crippen molar-refractivity contribution in [1.29, 1.82) is 0 Å². The minimum atomic E-state index is -0.441. The zero-order valence-corrected chi connectivity index (χ0v) is 16.1. The third kappa shape index (κ3) is 2.83. The Bertz CT molecular complexity index is 1060. The standard InChI is InChI=1S/C23H21N3O3/c1-15-11-25(22-16(13-27)10-24-26(22)12-15)23(28)29-14-21-19-8-4-2-6-17(19)18-7-3-5-9-20(18)21/h2-10,13,15,21H,11-12,14H2,1H3. The number of rotatable bonds is 3. The molecule has 29 heavy (non-hydrogen) atoms. The molecule has 2 heterocycles. The monoisotopic (exact) mass is 387 g/mol. The maximum Gasteiger partial charge on any atom is 0.415 e. The Labute approximate surface area is 168 Å². The number of aromatic nitrogens is 2. The van der Waals surface area contributed by atoms with Gasteiger partial charge in [-0.2, -0.15) is 5.10 Å². The van der Waals surface area contributed by atoms with E-state index in [-0.39, 0.29) is 18.4 Å². The molecule has 1 aliphatic heterocycles. The second-order valence-corrected chi connectivity index (χ2v) is 7.74. The summed E-state index contributed by atoms with van der Waals surface area (Å²) in [5.41, 5.74) is 5.14. The van der Waals surface area contributed by atoms with Crippen molar-refractivity contribution in [1.82, 2.24) is 9.78 Å². The SMILES string of the molecule is CC1CN(C(=O)OCC2c3ccccc3-c3ccccc32)c2c(C=O)cnn2C1. The maximum absolute atomic E-state index is 13.0. The van der Waals surface area contributed by atoms with Crippen molar-refractivity contribution in [3.05, 3.63) is 71.4 Å². The number of hydrogen-bond donors (Lipinski definition) is 0. The van der Waals surface area contributed by atoms with Crippen LogP contribution in [0.15, 0.2) is 54.7 Å². The maximum atomic E-state index is 13.0. The van der Waals surface area contributed by atoms with E-state index in [1.54, 1.807) is 4.68 Å². The Balaban J connectivity index is 1.41. The first-order chi connectivity index (χ1) is 14.2. The number of nitrogens with zero attached hydrogens (tertiary/aromatic N) is 3. The molecule has 2 aliphatic rings. The van der Waals surface area contributed by atoms with Gasteiger partial charge in [0.2, 0.25) is 0 Å². The topological polar surface area (TPSA) is 64.4 Å². The molecule has 6 heteroatoms. The highest BCUT2D eigenvalue weighted by Crippen LogP contribution is 2.44. The molecule has 0 fully saturated rings. The van der Waals surface area contributed by atoms with Crippen LogP contribution >= 0.6 is 0 Å². The lowest BCUT2D eigenvalue weighted by atomic mass is 9.98. The van der Waals surface area contributed by atoms with Gasteiger partial charge in [-0.25, -0.2) is 9.48 Å². The molecule has 0 radical (unpaired) electrons. The van der Waals surface area contributed by atoms with Gasteiger partial charge in [0.25, 0.3) is 0 Å².